The first-order chi connectivity index (χ1) is 12.3. The summed E-state index contributed by atoms with van der Waals surface area (Å²) >= 11 is 0. The van der Waals surface area contributed by atoms with Crippen molar-refractivity contribution in [1.29, 1.82) is 0 Å². The van der Waals surface area contributed by atoms with Crippen molar-refractivity contribution < 1.29 is 22.7 Å². The summed E-state index contributed by atoms with van der Waals surface area (Å²) in [5, 5.41) is 0. The van der Waals surface area contributed by atoms with Crippen LogP contribution in [0.3, 0.4) is 0 Å². The largest absolute Gasteiger partial charge is 0.454 e. The highest BCUT2D eigenvalue weighted by atomic mass is 32.2. The SMILES string of the molecule is COC[C@H](C)NS(=O)(=O)c1ccc(C(=O)O[C@@H](C)c2ccccc2)cc1. The quantitative estimate of drug-likeness (QED) is 0.716. The third kappa shape index (κ3) is 5.39. The molecule has 0 aliphatic rings. The average Bonchev–Trinajstić information content (AvgIpc) is 2.62. The number of rotatable bonds is 8. The minimum absolute atomic E-state index is 0.0770. The summed E-state index contributed by atoms with van der Waals surface area (Å²) in [5.41, 5.74) is 1.17. The molecule has 0 spiro atoms. The predicted octanol–water partition coefficient (Wildman–Crippen LogP) is 2.92. The van der Waals surface area contributed by atoms with Crippen LogP contribution in [0.1, 0.15) is 35.9 Å². The summed E-state index contributed by atoms with van der Waals surface area (Å²) in [6.07, 6.45) is -0.399. The van der Waals surface area contributed by atoms with E-state index in [-0.39, 0.29) is 23.1 Å². The minimum Gasteiger partial charge on any atom is -0.454 e. The van der Waals surface area contributed by atoms with Gasteiger partial charge in [0.15, 0.2) is 0 Å². The second-order valence-electron chi connectivity index (χ2n) is 5.96. The summed E-state index contributed by atoms with van der Waals surface area (Å²) in [4.78, 5) is 12.3. The molecule has 0 amide bonds. The molecule has 0 aromatic heterocycles. The van der Waals surface area contributed by atoms with E-state index in [2.05, 4.69) is 4.72 Å². The Bertz CT molecular complexity index is 819. The van der Waals surface area contributed by atoms with Crippen LogP contribution < -0.4 is 4.72 Å². The molecule has 2 aromatic carbocycles. The molecule has 2 atom stereocenters. The first kappa shape index (κ1) is 20.1. The van der Waals surface area contributed by atoms with Crippen molar-refractivity contribution in [3.8, 4) is 0 Å². The number of sulfonamides is 1. The number of benzene rings is 2. The summed E-state index contributed by atoms with van der Waals surface area (Å²) in [6, 6.07) is 14.7. The number of carbonyl (C=O) groups is 1. The van der Waals surface area contributed by atoms with Gasteiger partial charge in [-0.25, -0.2) is 17.9 Å². The zero-order valence-electron chi connectivity index (χ0n) is 15.0. The van der Waals surface area contributed by atoms with Crippen LogP contribution >= 0.6 is 0 Å². The van der Waals surface area contributed by atoms with Gasteiger partial charge in [-0.2, -0.15) is 0 Å². The lowest BCUT2D eigenvalue weighted by Crippen LogP contribution is -2.35. The monoisotopic (exact) mass is 377 g/mol. The van der Waals surface area contributed by atoms with Crippen molar-refractivity contribution in [2.45, 2.75) is 30.9 Å². The molecule has 0 unspecified atom stereocenters. The topological polar surface area (TPSA) is 81.7 Å². The smallest absolute Gasteiger partial charge is 0.338 e. The van der Waals surface area contributed by atoms with E-state index >= 15 is 0 Å². The van der Waals surface area contributed by atoms with Gasteiger partial charge < -0.3 is 9.47 Å². The summed E-state index contributed by atoms with van der Waals surface area (Å²) in [6.45, 7) is 3.76. The Hall–Kier alpha value is -2.22. The molecule has 2 rings (SSSR count). The van der Waals surface area contributed by atoms with Gasteiger partial charge in [0, 0.05) is 13.2 Å². The van der Waals surface area contributed by atoms with Gasteiger partial charge in [0.2, 0.25) is 10.0 Å². The van der Waals surface area contributed by atoms with Crippen molar-refractivity contribution >= 4 is 16.0 Å². The molecular weight excluding hydrogens is 354 g/mol. The standard InChI is InChI=1S/C19H23NO5S/c1-14(13-24-3)20-26(22,23)18-11-9-17(10-12-18)19(21)25-15(2)16-7-5-4-6-8-16/h4-12,14-15,20H,13H2,1-3H3/t14-,15-/m0/s1. The van der Waals surface area contributed by atoms with Crippen LogP contribution in [0.25, 0.3) is 0 Å². The van der Waals surface area contributed by atoms with Gasteiger partial charge in [0.1, 0.15) is 6.10 Å². The second-order valence-corrected chi connectivity index (χ2v) is 7.67. The molecule has 7 heteroatoms. The third-order valence-corrected chi connectivity index (χ3v) is 5.33. The van der Waals surface area contributed by atoms with E-state index in [1.165, 1.54) is 31.4 Å². The van der Waals surface area contributed by atoms with E-state index in [9.17, 15) is 13.2 Å². The number of nitrogens with one attached hydrogen (secondary N) is 1. The van der Waals surface area contributed by atoms with E-state index in [0.717, 1.165) is 5.56 Å². The third-order valence-electron chi connectivity index (χ3n) is 3.73. The van der Waals surface area contributed by atoms with E-state index in [1.54, 1.807) is 13.8 Å². The fraction of sp³-hybridized carbons (Fsp3) is 0.316. The molecule has 0 heterocycles. The molecule has 0 saturated heterocycles. The van der Waals surface area contributed by atoms with Crippen molar-refractivity contribution in [3.05, 3.63) is 65.7 Å². The van der Waals surface area contributed by atoms with Gasteiger partial charge in [0.25, 0.3) is 0 Å². The molecule has 140 valence electrons. The molecule has 2 aromatic rings. The Kier molecular flexibility index (Phi) is 6.90. The molecule has 1 N–H and O–H groups in total. The van der Waals surface area contributed by atoms with Crippen molar-refractivity contribution in [2.24, 2.45) is 0 Å². The normalized spacial score (nSPS) is 13.8. The highest BCUT2D eigenvalue weighted by Gasteiger charge is 2.19. The molecule has 0 aliphatic heterocycles. The number of esters is 1. The van der Waals surface area contributed by atoms with Crippen LogP contribution in [0.15, 0.2) is 59.5 Å². The first-order valence-corrected chi connectivity index (χ1v) is 9.69. The van der Waals surface area contributed by atoms with E-state index in [4.69, 9.17) is 9.47 Å². The van der Waals surface area contributed by atoms with Gasteiger partial charge in [-0.15, -0.1) is 0 Å². The fourth-order valence-corrected chi connectivity index (χ4v) is 3.64. The second kappa shape index (κ2) is 8.93. The average molecular weight is 377 g/mol. The van der Waals surface area contributed by atoms with Gasteiger partial charge >= 0.3 is 5.97 Å². The zero-order chi connectivity index (χ0) is 19.2. The van der Waals surface area contributed by atoms with Crippen molar-refractivity contribution in [1.82, 2.24) is 4.72 Å². The fourth-order valence-electron chi connectivity index (χ4n) is 2.41. The minimum atomic E-state index is -3.67. The number of carbonyl (C=O) groups excluding carboxylic acids is 1. The van der Waals surface area contributed by atoms with Gasteiger partial charge in [0.05, 0.1) is 17.1 Å². The number of hydrogen-bond donors (Lipinski definition) is 1. The Balaban J connectivity index is 2.05. The number of ether oxygens (including phenoxy) is 2. The van der Waals surface area contributed by atoms with Crippen LogP contribution in [-0.2, 0) is 19.5 Å². The van der Waals surface area contributed by atoms with Crippen LogP contribution in [0, 0.1) is 0 Å². The molecule has 6 nitrogen and oxygen atoms in total. The van der Waals surface area contributed by atoms with E-state index in [0.29, 0.717) is 0 Å². The highest BCUT2D eigenvalue weighted by Crippen LogP contribution is 2.19. The lowest BCUT2D eigenvalue weighted by molar-refractivity contribution is 0.0337. The summed E-state index contributed by atoms with van der Waals surface area (Å²) in [7, 11) is -2.17. The Labute approximate surface area is 154 Å². The number of hydrogen-bond acceptors (Lipinski definition) is 5. The van der Waals surface area contributed by atoms with Crippen molar-refractivity contribution in [2.75, 3.05) is 13.7 Å². The predicted molar refractivity (Wildman–Crippen MR) is 98.4 cm³/mol. The maximum atomic E-state index is 12.3. The van der Waals surface area contributed by atoms with Crippen LogP contribution in [0.2, 0.25) is 0 Å². The molecule has 0 fully saturated rings. The van der Waals surface area contributed by atoms with Crippen LogP contribution in [0.4, 0.5) is 0 Å². The molecule has 0 aliphatic carbocycles. The van der Waals surface area contributed by atoms with E-state index < -0.39 is 22.1 Å². The lowest BCUT2D eigenvalue weighted by atomic mass is 10.1. The van der Waals surface area contributed by atoms with Crippen molar-refractivity contribution in [3.63, 3.8) is 0 Å². The molecule has 26 heavy (non-hydrogen) atoms. The lowest BCUT2D eigenvalue weighted by Gasteiger charge is -2.15. The Morgan fingerprint density at radius 2 is 1.65 bits per heavy atom. The van der Waals surface area contributed by atoms with E-state index in [1.807, 2.05) is 30.3 Å². The maximum absolute atomic E-state index is 12.3. The van der Waals surface area contributed by atoms with Gasteiger partial charge in [-0.1, -0.05) is 30.3 Å². The maximum Gasteiger partial charge on any atom is 0.338 e. The van der Waals surface area contributed by atoms with Gasteiger partial charge in [-0.3, -0.25) is 0 Å². The molecule has 0 saturated carbocycles. The Morgan fingerprint density at radius 3 is 2.23 bits per heavy atom. The Morgan fingerprint density at radius 1 is 1.04 bits per heavy atom. The molecule has 0 radical (unpaired) electrons. The zero-order valence-corrected chi connectivity index (χ0v) is 15.8. The van der Waals surface area contributed by atoms with Crippen LogP contribution in [-0.4, -0.2) is 34.1 Å². The summed E-state index contributed by atoms with van der Waals surface area (Å²) in [5.74, 6) is -0.508. The summed E-state index contributed by atoms with van der Waals surface area (Å²) < 4.78 is 37.4. The molecular formula is C19H23NO5S. The highest BCUT2D eigenvalue weighted by molar-refractivity contribution is 7.89. The van der Waals surface area contributed by atoms with Crippen LogP contribution in [0.5, 0.6) is 0 Å². The number of methoxy groups -OCH3 is 1. The van der Waals surface area contributed by atoms with Gasteiger partial charge in [-0.05, 0) is 43.7 Å². The molecule has 0 bridgehead atoms. The first-order valence-electron chi connectivity index (χ1n) is 8.20.